The third-order valence-electron chi connectivity index (χ3n) is 4.69. The smallest absolute Gasteiger partial charge is 0.242 e. The number of nitrogens with one attached hydrogen (secondary N) is 1. The van der Waals surface area contributed by atoms with Crippen molar-refractivity contribution >= 4 is 23.2 Å². The summed E-state index contributed by atoms with van der Waals surface area (Å²) in [5.41, 5.74) is 2.38. The Bertz CT molecular complexity index is 573. The van der Waals surface area contributed by atoms with Gasteiger partial charge in [-0.05, 0) is 31.5 Å². The Hall–Kier alpha value is -1.30. The van der Waals surface area contributed by atoms with Gasteiger partial charge in [0.2, 0.25) is 5.91 Å². The van der Waals surface area contributed by atoms with Gasteiger partial charge in [0.15, 0.2) is 0 Å². The lowest BCUT2D eigenvalue weighted by atomic mass is 10.1. The molecule has 2 aliphatic heterocycles. The number of aryl methyl sites for hydroxylation is 1. The van der Waals surface area contributed by atoms with Crippen LogP contribution in [0.5, 0.6) is 0 Å². The molecular formula is C17H24ClN3O2. The Labute approximate surface area is 142 Å². The third-order valence-corrected chi connectivity index (χ3v) is 4.92. The molecule has 2 atom stereocenters. The molecule has 2 saturated heterocycles. The summed E-state index contributed by atoms with van der Waals surface area (Å²) >= 11 is 6.12. The average Bonchev–Trinajstić information content (AvgIpc) is 2.57. The molecular weight excluding hydrogens is 314 g/mol. The van der Waals surface area contributed by atoms with Gasteiger partial charge in [0, 0.05) is 43.4 Å². The molecule has 2 heterocycles. The summed E-state index contributed by atoms with van der Waals surface area (Å²) in [5.74, 6) is 0.152. The maximum atomic E-state index is 12.7. The van der Waals surface area contributed by atoms with E-state index in [1.165, 1.54) is 5.56 Å². The number of halogens is 1. The average molecular weight is 338 g/mol. The number of amides is 1. The molecule has 5 nitrogen and oxygen atoms in total. The van der Waals surface area contributed by atoms with Crippen LogP contribution < -0.4 is 10.2 Å². The fraction of sp³-hybridized carbons (Fsp3) is 0.588. The van der Waals surface area contributed by atoms with Crippen LogP contribution in [0, 0.1) is 6.92 Å². The van der Waals surface area contributed by atoms with E-state index >= 15 is 0 Å². The van der Waals surface area contributed by atoms with E-state index < -0.39 is 0 Å². The molecule has 2 fully saturated rings. The van der Waals surface area contributed by atoms with Gasteiger partial charge in [-0.15, -0.1) is 0 Å². The first kappa shape index (κ1) is 16.6. The SMILES string of the molecule is Cc1ccc(Cl)cc1N1CCN(C(=O)[C@H]2NCCO[C@@H]2C)CC1. The van der Waals surface area contributed by atoms with Crippen molar-refractivity contribution in [3.8, 4) is 0 Å². The van der Waals surface area contributed by atoms with Crippen molar-refractivity contribution in [2.75, 3.05) is 44.2 Å². The largest absolute Gasteiger partial charge is 0.375 e. The monoisotopic (exact) mass is 337 g/mol. The summed E-state index contributed by atoms with van der Waals surface area (Å²) in [6.07, 6.45) is -0.0653. The van der Waals surface area contributed by atoms with Crippen molar-refractivity contribution in [3.05, 3.63) is 28.8 Å². The maximum absolute atomic E-state index is 12.7. The topological polar surface area (TPSA) is 44.8 Å². The normalized spacial score (nSPS) is 25.5. The Morgan fingerprint density at radius 2 is 2.04 bits per heavy atom. The number of piperazine rings is 1. The molecule has 1 aromatic carbocycles. The van der Waals surface area contributed by atoms with Gasteiger partial charge in [-0.25, -0.2) is 0 Å². The van der Waals surface area contributed by atoms with Crippen molar-refractivity contribution in [3.63, 3.8) is 0 Å². The minimum absolute atomic E-state index is 0.0653. The minimum atomic E-state index is -0.219. The molecule has 0 radical (unpaired) electrons. The summed E-state index contributed by atoms with van der Waals surface area (Å²) < 4.78 is 5.59. The molecule has 0 unspecified atom stereocenters. The second-order valence-corrected chi connectivity index (χ2v) is 6.69. The van der Waals surface area contributed by atoms with Crippen LogP contribution in [0.15, 0.2) is 18.2 Å². The number of rotatable bonds is 2. The zero-order valence-electron chi connectivity index (χ0n) is 13.7. The molecule has 6 heteroatoms. The highest BCUT2D eigenvalue weighted by atomic mass is 35.5. The van der Waals surface area contributed by atoms with Crippen LogP contribution in [0.25, 0.3) is 0 Å². The van der Waals surface area contributed by atoms with Gasteiger partial charge < -0.3 is 19.9 Å². The molecule has 0 saturated carbocycles. The number of morpholine rings is 1. The number of nitrogens with zero attached hydrogens (tertiary/aromatic N) is 2. The summed E-state index contributed by atoms with van der Waals surface area (Å²) in [7, 11) is 0. The molecule has 1 N–H and O–H groups in total. The molecule has 0 bridgehead atoms. The van der Waals surface area contributed by atoms with E-state index in [0.29, 0.717) is 6.61 Å². The lowest BCUT2D eigenvalue weighted by molar-refractivity contribution is -0.139. The Morgan fingerprint density at radius 3 is 2.74 bits per heavy atom. The molecule has 126 valence electrons. The van der Waals surface area contributed by atoms with E-state index in [-0.39, 0.29) is 18.1 Å². The van der Waals surface area contributed by atoms with Gasteiger partial charge in [0.1, 0.15) is 6.04 Å². The van der Waals surface area contributed by atoms with Crippen LogP contribution in [-0.4, -0.2) is 62.3 Å². The summed E-state index contributed by atoms with van der Waals surface area (Å²) in [4.78, 5) is 16.9. The van der Waals surface area contributed by atoms with E-state index in [1.54, 1.807) is 0 Å². The third kappa shape index (κ3) is 3.62. The first-order valence-electron chi connectivity index (χ1n) is 8.21. The first-order valence-corrected chi connectivity index (χ1v) is 8.59. The van der Waals surface area contributed by atoms with Crippen LogP contribution in [0.3, 0.4) is 0 Å². The van der Waals surface area contributed by atoms with Crippen LogP contribution in [-0.2, 0) is 9.53 Å². The zero-order valence-corrected chi connectivity index (χ0v) is 14.5. The van der Waals surface area contributed by atoms with Crippen LogP contribution in [0.2, 0.25) is 5.02 Å². The van der Waals surface area contributed by atoms with Crippen molar-refractivity contribution in [2.24, 2.45) is 0 Å². The van der Waals surface area contributed by atoms with Crippen molar-refractivity contribution < 1.29 is 9.53 Å². The number of ether oxygens (including phenoxy) is 1. The van der Waals surface area contributed by atoms with Crippen molar-refractivity contribution in [2.45, 2.75) is 26.0 Å². The first-order chi connectivity index (χ1) is 11.1. The summed E-state index contributed by atoms with van der Waals surface area (Å²) in [6, 6.07) is 5.74. The lowest BCUT2D eigenvalue weighted by Gasteiger charge is -2.40. The highest BCUT2D eigenvalue weighted by Crippen LogP contribution is 2.25. The Morgan fingerprint density at radius 1 is 1.30 bits per heavy atom. The molecule has 0 aliphatic carbocycles. The molecule has 3 rings (SSSR count). The van der Waals surface area contributed by atoms with Crippen LogP contribution >= 0.6 is 11.6 Å². The molecule has 1 amide bonds. The van der Waals surface area contributed by atoms with Gasteiger partial charge in [-0.1, -0.05) is 17.7 Å². The van der Waals surface area contributed by atoms with Crippen LogP contribution in [0.1, 0.15) is 12.5 Å². The predicted molar refractivity (Wildman–Crippen MR) is 92.2 cm³/mol. The van der Waals surface area contributed by atoms with E-state index in [1.807, 2.05) is 30.0 Å². The van der Waals surface area contributed by atoms with Gasteiger partial charge in [-0.3, -0.25) is 4.79 Å². The minimum Gasteiger partial charge on any atom is -0.375 e. The molecule has 0 spiro atoms. The molecule has 1 aromatic rings. The highest BCUT2D eigenvalue weighted by molar-refractivity contribution is 6.30. The standard InChI is InChI=1S/C17H24ClN3O2/c1-12-3-4-14(18)11-15(12)20-6-8-21(9-7-20)17(22)16-13(2)23-10-5-19-16/h3-4,11,13,16,19H,5-10H2,1-2H3/t13-,16+/m1/s1. The van der Waals surface area contributed by atoms with Gasteiger partial charge in [-0.2, -0.15) is 0 Å². The maximum Gasteiger partial charge on any atom is 0.242 e. The summed E-state index contributed by atoms with van der Waals surface area (Å²) in [5, 5.41) is 4.03. The van der Waals surface area contributed by atoms with Gasteiger partial charge >= 0.3 is 0 Å². The van der Waals surface area contributed by atoms with Crippen molar-refractivity contribution in [1.29, 1.82) is 0 Å². The zero-order chi connectivity index (χ0) is 16.4. The van der Waals surface area contributed by atoms with Gasteiger partial charge in [0.05, 0.1) is 12.7 Å². The fourth-order valence-electron chi connectivity index (χ4n) is 3.30. The van der Waals surface area contributed by atoms with Crippen molar-refractivity contribution in [1.82, 2.24) is 10.2 Å². The number of hydrogen-bond acceptors (Lipinski definition) is 4. The predicted octanol–water partition coefficient (Wildman–Crippen LogP) is 1.67. The van der Waals surface area contributed by atoms with E-state index in [0.717, 1.165) is 43.4 Å². The quantitative estimate of drug-likeness (QED) is 0.891. The number of carbonyl (C=O) groups is 1. The highest BCUT2D eigenvalue weighted by Gasteiger charge is 2.33. The number of benzene rings is 1. The second kappa shape index (κ2) is 7.07. The summed E-state index contributed by atoms with van der Waals surface area (Å²) in [6.45, 7) is 8.58. The lowest BCUT2D eigenvalue weighted by Crippen LogP contribution is -2.59. The fourth-order valence-corrected chi connectivity index (χ4v) is 3.46. The van der Waals surface area contributed by atoms with E-state index in [9.17, 15) is 4.79 Å². The molecule has 0 aromatic heterocycles. The van der Waals surface area contributed by atoms with Crippen LogP contribution in [0.4, 0.5) is 5.69 Å². The Kier molecular flexibility index (Phi) is 5.09. The number of anilines is 1. The van der Waals surface area contributed by atoms with Gasteiger partial charge in [0.25, 0.3) is 0 Å². The molecule has 2 aliphatic rings. The molecule has 23 heavy (non-hydrogen) atoms. The van der Waals surface area contributed by atoms with E-state index in [4.69, 9.17) is 16.3 Å². The Balaban J connectivity index is 1.62. The second-order valence-electron chi connectivity index (χ2n) is 6.25. The van der Waals surface area contributed by atoms with E-state index in [2.05, 4.69) is 17.1 Å². The number of carbonyl (C=O) groups excluding carboxylic acids is 1. The number of hydrogen-bond donors (Lipinski definition) is 1.